The lowest BCUT2D eigenvalue weighted by Gasteiger charge is -2.36. The molecule has 0 heterocycles. The Hall–Kier alpha value is -0.0000000000000000555. The van der Waals surface area contributed by atoms with Crippen LogP contribution in [0.15, 0.2) is 18.2 Å². The summed E-state index contributed by atoms with van der Waals surface area (Å²) in [6.45, 7) is 1.08. The number of hydrogen-bond acceptors (Lipinski definition) is 2. The van der Waals surface area contributed by atoms with Crippen molar-refractivity contribution in [3.63, 3.8) is 0 Å². The first kappa shape index (κ1) is 14.4. The van der Waals surface area contributed by atoms with Gasteiger partial charge in [-0.15, -0.1) is 0 Å². The molecule has 1 fully saturated rings. The number of aliphatic hydroxyl groups excluding tert-OH is 1. The highest BCUT2D eigenvalue weighted by Crippen LogP contribution is 2.36. The van der Waals surface area contributed by atoms with Crippen molar-refractivity contribution in [2.24, 2.45) is 5.41 Å². The summed E-state index contributed by atoms with van der Waals surface area (Å²) in [5.41, 5.74) is 1.01. The fraction of sp³-hybridized carbons (Fsp3) is 0.571. The largest absolute Gasteiger partial charge is 0.396 e. The summed E-state index contributed by atoms with van der Waals surface area (Å²) >= 11 is 8.46. The van der Waals surface area contributed by atoms with E-state index in [0.717, 1.165) is 33.7 Å². The Balaban J connectivity index is 2.01. The molecule has 18 heavy (non-hydrogen) atoms. The molecular weight excluding hydrogens is 361 g/mol. The standard InChI is InChI=1S/C14H19ClINO/c15-12-8-11(16)4-5-13(12)17-9-14(10-18)6-2-1-3-7-14/h4-5,8,17-18H,1-3,6-7,9-10H2. The minimum Gasteiger partial charge on any atom is -0.396 e. The summed E-state index contributed by atoms with van der Waals surface area (Å²) in [6, 6.07) is 6.01. The molecule has 0 amide bonds. The Morgan fingerprint density at radius 3 is 2.61 bits per heavy atom. The average Bonchev–Trinajstić information content (AvgIpc) is 2.39. The van der Waals surface area contributed by atoms with Crippen LogP contribution in [0.3, 0.4) is 0 Å². The summed E-state index contributed by atoms with van der Waals surface area (Å²) in [6.07, 6.45) is 5.97. The van der Waals surface area contributed by atoms with Gasteiger partial charge in [-0.1, -0.05) is 30.9 Å². The van der Waals surface area contributed by atoms with Crippen LogP contribution in [0.4, 0.5) is 5.69 Å². The average molecular weight is 380 g/mol. The first-order valence-corrected chi connectivity index (χ1v) is 7.91. The van der Waals surface area contributed by atoms with E-state index in [0.29, 0.717) is 0 Å². The molecule has 0 aliphatic heterocycles. The van der Waals surface area contributed by atoms with Crippen molar-refractivity contribution in [2.75, 3.05) is 18.5 Å². The number of hydrogen-bond donors (Lipinski definition) is 2. The molecule has 4 heteroatoms. The van der Waals surface area contributed by atoms with Gasteiger partial charge in [0.05, 0.1) is 17.3 Å². The number of anilines is 1. The van der Waals surface area contributed by atoms with E-state index >= 15 is 0 Å². The second-order valence-electron chi connectivity index (χ2n) is 5.20. The smallest absolute Gasteiger partial charge is 0.0648 e. The van der Waals surface area contributed by atoms with E-state index in [4.69, 9.17) is 11.6 Å². The van der Waals surface area contributed by atoms with E-state index in [2.05, 4.69) is 27.9 Å². The summed E-state index contributed by atoms with van der Waals surface area (Å²) in [4.78, 5) is 0. The molecule has 100 valence electrons. The molecule has 2 N–H and O–H groups in total. The topological polar surface area (TPSA) is 32.3 Å². The molecule has 0 radical (unpaired) electrons. The Morgan fingerprint density at radius 1 is 1.28 bits per heavy atom. The SMILES string of the molecule is OCC1(CNc2ccc(I)cc2Cl)CCCCC1. The summed E-state index contributed by atoms with van der Waals surface area (Å²) in [5.74, 6) is 0. The quantitative estimate of drug-likeness (QED) is 0.765. The van der Waals surface area contributed by atoms with Gasteiger partial charge in [-0.05, 0) is 53.6 Å². The molecular formula is C14H19ClINO. The zero-order chi connectivity index (χ0) is 13.0. The third kappa shape index (κ3) is 3.52. The van der Waals surface area contributed by atoms with E-state index < -0.39 is 0 Å². The molecule has 2 rings (SSSR count). The third-order valence-corrected chi connectivity index (χ3v) is 4.82. The van der Waals surface area contributed by atoms with Gasteiger partial charge >= 0.3 is 0 Å². The van der Waals surface area contributed by atoms with Crippen LogP contribution < -0.4 is 5.32 Å². The van der Waals surface area contributed by atoms with Gasteiger partial charge in [0.25, 0.3) is 0 Å². The Labute approximate surface area is 127 Å². The minimum absolute atomic E-state index is 0.0462. The predicted octanol–water partition coefficient (Wildman–Crippen LogP) is 4.30. The van der Waals surface area contributed by atoms with E-state index in [-0.39, 0.29) is 12.0 Å². The molecule has 0 atom stereocenters. The maximum atomic E-state index is 9.66. The van der Waals surface area contributed by atoms with Crippen LogP contribution >= 0.6 is 34.2 Å². The first-order valence-electron chi connectivity index (χ1n) is 6.45. The minimum atomic E-state index is 0.0462. The van der Waals surface area contributed by atoms with Gasteiger partial charge in [-0.2, -0.15) is 0 Å². The maximum absolute atomic E-state index is 9.66. The van der Waals surface area contributed by atoms with Gasteiger partial charge in [-0.25, -0.2) is 0 Å². The van der Waals surface area contributed by atoms with Crippen molar-refractivity contribution in [1.29, 1.82) is 0 Å². The number of aliphatic hydroxyl groups is 1. The van der Waals surface area contributed by atoms with Crippen LogP contribution in [-0.2, 0) is 0 Å². The van der Waals surface area contributed by atoms with Gasteiger partial charge in [0.15, 0.2) is 0 Å². The lowest BCUT2D eigenvalue weighted by molar-refractivity contribution is 0.0944. The van der Waals surface area contributed by atoms with Crippen LogP contribution in [0.2, 0.25) is 5.02 Å². The third-order valence-electron chi connectivity index (χ3n) is 3.83. The molecule has 1 saturated carbocycles. The van der Waals surface area contributed by atoms with Gasteiger partial charge in [0, 0.05) is 15.5 Å². The van der Waals surface area contributed by atoms with Crippen LogP contribution in [-0.4, -0.2) is 18.3 Å². The zero-order valence-electron chi connectivity index (χ0n) is 10.4. The Bertz CT molecular complexity index is 405. The second kappa shape index (κ2) is 6.44. The summed E-state index contributed by atoms with van der Waals surface area (Å²) in [5, 5.41) is 13.8. The van der Waals surface area contributed by atoms with Gasteiger partial charge in [0.2, 0.25) is 0 Å². The highest BCUT2D eigenvalue weighted by Gasteiger charge is 2.31. The maximum Gasteiger partial charge on any atom is 0.0648 e. The summed E-state index contributed by atoms with van der Waals surface area (Å²) in [7, 11) is 0. The molecule has 0 spiro atoms. The van der Waals surface area contributed by atoms with Crippen LogP contribution in [0.1, 0.15) is 32.1 Å². The van der Waals surface area contributed by atoms with Crippen LogP contribution in [0.5, 0.6) is 0 Å². The number of rotatable bonds is 4. The highest BCUT2D eigenvalue weighted by atomic mass is 127. The number of benzene rings is 1. The molecule has 1 aromatic rings. The van der Waals surface area contributed by atoms with Crippen molar-refractivity contribution in [1.82, 2.24) is 0 Å². The molecule has 1 aliphatic rings. The Kier molecular flexibility index (Phi) is 5.15. The molecule has 1 aromatic carbocycles. The Morgan fingerprint density at radius 2 is 2.00 bits per heavy atom. The molecule has 0 unspecified atom stereocenters. The van der Waals surface area contributed by atoms with E-state index in [1.54, 1.807) is 0 Å². The molecule has 0 saturated heterocycles. The molecule has 0 aromatic heterocycles. The normalized spacial score (nSPS) is 18.6. The fourth-order valence-electron chi connectivity index (χ4n) is 2.61. The molecule has 1 aliphatic carbocycles. The fourth-order valence-corrected chi connectivity index (χ4v) is 3.53. The first-order chi connectivity index (χ1) is 8.65. The predicted molar refractivity (Wildman–Crippen MR) is 85.3 cm³/mol. The molecule has 2 nitrogen and oxygen atoms in total. The van der Waals surface area contributed by atoms with Crippen LogP contribution in [0, 0.1) is 8.99 Å². The number of nitrogens with one attached hydrogen (secondary N) is 1. The zero-order valence-corrected chi connectivity index (χ0v) is 13.3. The van der Waals surface area contributed by atoms with E-state index in [1.165, 1.54) is 19.3 Å². The summed E-state index contributed by atoms with van der Waals surface area (Å²) < 4.78 is 1.14. The van der Waals surface area contributed by atoms with Crippen molar-refractivity contribution in [3.05, 3.63) is 26.8 Å². The second-order valence-corrected chi connectivity index (χ2v) is 6.85. The van der Waals surface area contributed by atoms with E-state index in [1.807, 2.05) is 18.2 Å². The van der Waals surface area contributed by atoms with Gasteiger partial charge in [0.1, 0.15) is 0 Å². The van der Waals surface area contributed by atoms with Gasteiger partial charge in [-0.3, -0.25) is 0 Å². The van der Waals surface area contributed by atoms with Crippen LogP contribution in [0.25, 0.3) is 0 Å². The highest BCUT2D eigenvalue weighted by molar-refractivity contribution is 14.1. The van der Waals surface area contributed by atoms with Crippen molar-refractivity contribution in [3.8, 4) is 0 Å². The lowest BCUT2D eigenvalue weighted by Crippen LogP contribution is -2.35. The number of halogens is 2. The van der Waals surface area contributed by atoms with Crippen molar-refractivity contribution >= 4 is 39.9 Å². The lowest BCUT2D eigenvalue weighted by atomic mass is 9.74. The van der Waals surface area contributed by atoms with E-state index in [9.17, 15) is 5.11 Å². The molecule has 0 bridgehead atoms. The van der Waals surface area contributed by atoms with Crippen molar-refractivity contribution < 1.29 is 5.11 Å². The van der Waals surface area contributed by atoms with Gasteiger partial charge < -0.3 is 10.4 Å². The monoisotopic (exact) mass is 379 g/mol. The van der Waals surface area contributed by atoms with Crippen molar-refractivity contribution in [2.45, 2.75) is 32.1 Å².